The Morgan fingerprint density at radius 3 is 2.69 bits per heavy atom. The number of hydrogen-bond donors (Lipinski definition) is 0. The molecule has 0 saturated carbocycles. The number of likely N-dealkylation sites (tertiary alicyclic amines) is 1. The Bertz CT molecular complexity index is 913. The van der Waals surface area contributed by atoms with E-state index in [1.807, 2.05) is 64.9 Å². The first kappa shape index (κ1) is 16.6. The minimum Gasteiger partial charge on any atom is -0.493 e. The van der Waals surface area contributed by atoms with E-state index in [9.17, 15) is 4.79 Å². The fourth-order valence-electron chi connectivity index (χ4n) is 3.57. The van der Waals surface area contributed by atoms with Crippen LogP contribution in [-0.2, 0) is 0 Å². The van der Waals surface area contributed by atoms with Gasteiger partial charge in [0, 0.05) is 25.2 Å². The van der Waals surface area contributed by atoms with Crippen LogP contribution >= 0.6 is 0 Å². The molecule has 2 aromatic heterocycles. The Kier molecular flexibility index (Phi) is 4.56. The molecule has 6 nitrogen and oxygen atoms in total. The fraction of sp³-hybridized carbons (Fsp3) is 0.350. The summed E-state index contributed by atoms with van der Waals surface area (Å²) in [6.07, 6.45) is 3.77. The maximum Gasteiger partial charge on any atom is 0.257 e. The molecule has 0 aliphatic carbocycles. The van der Waals surface area contributed by atoms with Crippen LogP contribution in [0.5, 0.6) is 5.75 Å². The zero-order valence-electron chi connectivity index (χ0n) is 14.8. The number of carbonyl (C=O) groups excluding carboxylic acids is 1. The molecule has 0 spiro atoms. The second kappa shape index (κ2) is 7.15. The highest BCUT2D eigenvalue weighted by Gasteiger charge is 2.28. The molecule has 1 fully saturated rings. The number of amides is 1. The molecular formula is C20H22N4O2. The van der Waals surface area contributed by atoms with Gasteiger partial charge in [0.2, 0.25) is 0 Å². The van der Waals surface area contributed by atoms with Crippen LogP contribution < -0.4 is 4.74 Å². The zero-order valence-corrected chi connectivity index (χ0v) is 14.8. The van der Waals surface area contributed by atoms with Crippen LogP contribution in [0.15, 0.2) is 48.7 Å². The molecule has 1 aliphatic heterocycles. The predicted molar refractivity (Wildman–Crippen MR) is 98.5 cm³/mol. The molecule has 1 aliphatic rings. The summed E-state index contributed by atoms with van der Waals surface area (Å²) in [7, 11) is 0. The van der Waals surface area contributed by atoms with E-state index in [0.717, 1.165) is 24.3 Å². The Morgan fingerprint density at radius 2 is 1.88 bits per heavy atom. The largest absolute Gasteiger partial charge is 0.493 e. The van der Waals surface area contributed by atoms with Gasteiger partial charge in [0.05, 0.1) is 12.2 Å². The summed E-state index contributed by atoms with van der Waals surface area (Å²) >= 11 is 0. The molecule has 1 amide bonds. The number of nitrogens with zero attached hydrogens (tertiary/aromatic N) is 4. The van der Waals surface area contributed by atoms with E-state index in [0.29, 0.717) is 36.9 Å². The van der Waals surface area contributed by atoms with Crippen molar-refractivity contribution in [3.63, 3.8) is 0 Å². The van der Waals surface area contributed by atoms with E-state index in [1.54, 1.807) is 0 Å². The van der Waals surface area contributed by atoms with E-state index in [2.05, 4.69) is 10.2 Å². The van der Waals surface area contributed by atoms with Gasteiger partial charge in [-0.2, -0.15) is 0 Å². The van der Waals surface area contributed by atoms with Crippen LogP contribution in [0.1, 0.15) is 41.9 Å². The van der Waals surface area contributed by atoms with E-state index >= 15 is 0 Å². The van der Waals surface area contributed by atoms with Crippen molar-refractivity contribution in [2.24, 2.45) is 0 Å². The summed E-state index contributed by atoms with van der Waals surface area (Å²) in [5.41, 5.74) is 1.51. The highest BCUT2D eigenvalue weighted by molar-refractivity contribution is 5.97. The number of ether oxygens (including phenoxy) is 1. The average Bonchev–Trinajstić information content (AvgIpc) is 3.12. The molecule has 0 bridgehead atoms. The van der Waals surface area contributed by atoms with Gasteiger partial charge in [0.15, 0.2) is 5.65 Å². The van der Waals surface area contributed by atoms with Gasteiger partial charge in [-0.1, -0.05) is 18.2 Å². The lowest BCUT2D eigenvalue weighted by Crippen LogP contribution is -2.38. The van der Waals surface area contributed by atoms with E-state index in [4.69, 9.17) is 4.74 Å². The predicted octanol–water partition coefficient (Wildman–Crippen LogP) is 3.15. The van der Waals surface area contributed by atoms with Gasteiger partial charge < -0.3 is 9.64 Å². The molecule has 4 rings (SSSR count). The summed E-state index contributed by atoms with van der Waals surface area (Å²) in [6, 6.07) is 13.4. The molecule has 0 radical (unpaired) electrons. The molecule has 1 saturated heterocycles. The minimum absolute atomic E-state index is 0.0404. The van der Waals surface area contributed by atoms with Crippen LogP contribution in [0.4, 0.5) is 0 Å². The molecule has 0 unspecified atom stereocenters. The highest BCUT2D eigenvalue weighted by atomic mass is 16.5. The van der Waals surface area contributed by atoms with Crippen molar-refractivity contribution < 1.29 is 9.53 Å². The number of fused-ring (bicyclic) bond motifs is 1. The maximum atomic E-state index is 12.9. The van der Waals surface area contributed by atoms with E-state index in [1.165, 1.54) is 0 Å². The van der Waals surface area contributed by atoms with Gasteiger partial charge in [-0.25, -0.2) is 0 Å². The van der Waals surface area contributed by atoms with Gasteiger partial charge in [0.1, 0.15) is 11.6 Å². The number of piperidine rings is 1. The normalized spacial score (nSPS) is 15.3. The fourth-order valence-corrected chi connectivity index (χ4v) is 3.57. The standard InChI is InChI=1S/C20H22N4O2/c1-2-26-17-8-4-3-7-16(17)20(25)23-13-10-15(11-14-23)19-22-21-18-9-5-6-12-24(18)19/h3-9,12,15H,2,10-11,13-14H2,1H3. The number of pyridine rings is 1. The van der Waals surface area contributed by atoms with Gasteiger partial charge in [-0.3, -0.25) is 9.20 Å². The van der Waals surface area contributed by atoms with Crippen molar-refractivity contribution in [1.82, 2.24) is 19.5 Å². The van der Waals surface area contributed by atoms with Gasteiger partial charge in [0.25, 0.3) is 5.91 Å². The summed E-state index contributed by atoms with van der Waals surface area (Å²) in [5, 5.41) is 8.62. The second-order valence-electron chi connectivity index (χ2n) is 6.48. The molecule has 0 atom stereocenters. The lowest BCUT2D eigenvalue weighted by molar-refractivity contribution is 0.0706. The third-order valence-electron chi connectivity index (χ3n) is 4.90. The SMILES string of the molecule is CCOc1ccccc1C(=O)N1CCC(c2nnc3ccccn23)CC1. The molecule has 134 valence electrons. The zero-order chi connectivity index (χ0) is 17.9. The molecule has 0 N–H and O–H groups in total. The van der Waals surface area contributed by atoms with Gasteiger partial charge in [-0.05, 0) is 44.0 Å². The number of carbonyl (C=O) groups is 1. The summed E-state index contributed by atoms with van der Waals surface area (Å²) < 4.78 is 7.66. The van der Waals surface area contributed by atoms with Crippen LogP contribution in [0.3, 0.4) is 0 Å². The Labute approximate surface area is 152 Å². The van der Waals surface area contributed by atoms with Crippen LogP contribution in [0.2, 0.25) is 0 Å². The van der Waals surface area contributed by atoms with Crippen molar-refractivity contribution in [2.75, 3.05) is 19.7 Å². The Morgan fingerprint density at radius 1 is 1.12 bits per heavy atom. The van der Waals surface area contributed by atoms with Gasteiger partial charge in [-0.15, -0.1) is 10.2 Å². The van der Waals surface area contributed by atoms with Crippen LogP contribution in [-0.4, -0.2) is 45.1 Å². The third-order valence-corrected chi connectivity index (χ3v) is 4.90. The van der Waals surface area contributed by atoms with Crippen molar-refractivity contribution >= 4 is 11.6 Å². The summed E-state index contributed by atoms with van der Waals surface area (Å²) in [5.74, 6) is 2.00. The van der Waals surface area contributed by atoms with E-state index in [-0.39, 0.29) is 5.91 Å². The number of benzene rings is 1. The molecular weight excluding hydrogens is 328 g/mol. The van der Waals surface area contributed by atoms with Crippen LogP contribution in [0, 0.1) is 0 Å². The van der Waals surface area contributed by atoms with Gasteiger partial charge >= 0.3 is 0 Å². The Balaban J connectivity index is 1.48. The number of hydrogen-bond acceptors (Lipinski definition) is 4. The monoisotopic (exact) mass is 350 g/mol. The first-order valence-corrected chi connectivity index (χ1v) is 9.08. The quantitative estimate of drug-likeness (QED) is 0.725. The molecule has 3 aromatic rings. The van der Waals surface area contributed by atoms with Crippen molar-refractivity contribution in [1.29, 1.82) is 0 Å². The summed E-state index contributed by atoms with van der Waals surface area (Å²) in [6.45, 7) is 3.90. The molecule has 26 heavy (non-hydrogen) atoms. The minimum atomic E-state index is 0.0404. The topological polar surface area (TPSA) is 59.7 Å². The summed E-state index contributed by atoms with van der Waals surface area (Å²) in [4.78, 5) is 14.8. The van der Waals surface area contributed by atoms with Crippen molar-refractivity contribution in [3.8, 4) is 5.75 Å². The van der Waals surface area contributed by atoms with E-state index < -0.39 is 0 Å². The number of rotatable bonds is 4. The number of para-hydroxylation sites is 1. The van der Waals surface area contributed by atoms with Crippen molar-refractivity contribution in [3.05, 3.63) is 60.0 Å². The smallest absolute Gasteiger partial charge is 0.257 e. The Hall–Kier alpha value is -2.89. The third kappa shape index (κ3) is 3.03. The molecule has 3 heterocycles. The lowest BCUT2D eigenvalue weighted by Gasteiger charge is -2.31. The first-order valence-electron chi connectivity index (χ1n) is 9.08. The lowest BCUT2D eigenvalue weighted by atomic mass is 9.95. The second-order valence-corrected chi connectivity index (χ2v) is 6.48. The first-order chi connectivity index (χ1) is 12.8. The number of aromatic nitrogens is 3. The molecule has 6 heteroatoms. The maximum absolute atomic E-state index is 12.9. The molecule has 1 aromatic carbocycles. The van der Waals surface area contributed by atoms with Crippen LogP contribution in [0.25, 0.3) is 5.65 Å². The highest BCUT2D eigenvalue weighted by Crippen LogP contribution is 2.29. The van der Waals surface area contributed by atoms with Crippen molar-refractivity contribution in [2.45, 2.75) is 25.7 Å². The average molecular weight is 350 g/mol.